The van der Waals surface area contributed by atoms with Gasteiger partial charge in [-0.1, -0.05) is 84.4 Å². The van der Waals surface area contributed by atoms with Crippen molar-refractivity contribution in [2.45, 2.75) is 18.0 Å². The van der Waals surface area contributed by atoms with E-state index in [2.05, 4.69) is 4.90 Å². The van der Waals surface area contributed by atoms with Crippen LogP contribution in [-0.2, 0) is 16.9 Å². The second-order valence-corrected chi connectivity index (χ2v) is 11.0. The molecule has 0 aromatic heterocycles. The fourth-order valence-corrected chi connectivity index (χ4v) is 6.91. The molecule has 4 aromatic carbocycles. The first kappa shape index (κ1) is 27.1. The third kappa shape index (κ3) is 4.21. The minimum absolute atomic E-state index is 0.0828. The summed E-state index contributed by atoms with van der Waals surface area (Å²) in [5.41, 5.74) is 2.66. The van der Waals surface area contributed by atoms with E-state index < -0.39 is 11.5 Å². The SMILES string of the molecule is COc1ccc([C@@H]2CN(C)[C@@]3(C(=O)N(Cc4ccccc4Cl)c4ccccc43)[C@@H]2C(=O)c2ccccc2)c(OC)c1. The number of carbonyl (C=O) groups excluding carboxylic acids is 2. The van der Waals surface area contributed by atoms with Crippen molar-refractivity contribution < 1.29 is 19.1 Å². The number of nitrogens with zero attached hydrogens (tertiary/aromatic N) is 2. The molecule has 0 unspecified atom stereocenters. The Labute approximate surface area is 245 Å². The Kier molecular flexibility index (Phi) is 7.06. The second-order valence-electron chi connectivity index (χ2n) is 10.6. The van der Waals surface area contributed by atoms with E-state index in [0.717, 1.165) is 22.4 Å². The standard InChI is InChI=1S/C34H31ClN2O4/c1-36-21-26(25-18-17-24(40-2)19-30(25)41-3)31(32(38)22-11-5-4-6-12-22)34(36)27-14-8-10-16-29(27)37(33(34)39)20-23-13-7-9-15-28(23)35/h4-19,26,31H,20-21H2,1-3H3/t26-,31-,34+/m0/s1. The van der Waals surface area contributed by atoms with Gasteiger partial charge in [-0.15, -0.1) is 0 Å². The van der Waals surface area contributed by atoms with Crippen LogP contribution in [-0.4, -0.2) is 44.4 Å². The Morgan fingerprint density at radius 2 is 1.63 bits per heavy atom. The van der Waals surface area contributed by atoms with E-state index in [1.165, 1.54) is 0 Å². The summed E-state index contributed by atoms with van der Waals surface area (Å²) in [6, 6.07) is 30.3. The molecule has 3 atom stereocenters. The highest BCUT2D eigenvalue weighted by Gasteiger charge is 2.66. The second kappa shape index (κ2) is 10.7. The molecule has 2 aliphatic heterocycles. The van der Waals surface area contributed by atoms with Gasteiger partial charge in [-0.05, 0) is 36.4 Å². The van der Waals surface area contributed by atoms with E-state index in [9.17, 15) is 9.59 Å². The van der Waals surface area contributed by atoms with Crippen molar-refractivity contribution >= 4 is 29.0 Å². The van der Waals surface area contributed by atoms with Crippen LogP contribution < -0.4 is 14.4 Å². The van der Waals surface area contributed by atoms with Crippen LogP contribution in [0.2, 0.25) is 5.02 Å². The molecule has 1 fully saturated rings. The van der Waals surface area contributed by atoms with Crippen molar-refractivity contribution in [1.29, 1.82) is 0 Å². The number of carbonyl (C=O) groups is 2. The smallest absolute Gasteiger partial charge is 0.253 e. The normalized spacial score (nSPS) is 21.8. The Morgan fingerprint density at radius 3 is 2.37 bits per heavy atom. The molecule has 0 aliphatic carbocycles. The van der Waals surface area contributed by atoms with Gasteiger partial charge in [0, 0.05) is 40.4 Å². The topological polar surface area (TPSA) is 59.1 Å². The number of hydrogen-bond donors (Lipinski definition) is 0. The quantitative estimate of drug-likeness (QED) is 0.245. The van der Waals surface area contributed by atoms with Crippen LogP contribution in [0.1, 0.15) is 33.0 Å². The van der Waals surface area contributed by atoms with Crippen molar-refractivity contribution in [1.82, 2.24) is 4.90 Å². The van der Waals surface area contributed by atoms with Crippen LogP contribution >= 0.6 is 11.6 Å². The van der Waals surface area contributed by atoms with E-state index in [-0.39, 0.29) is 17.6 Å². The minimum Gasteiger partial charge on any atom is -0.497 e. The highest BCUT2D eigenvalue weighted by atomic mass is 35.5. The molecule has 41 heavy (non-hydrogen) atoms. The molecule has 7 heteroatoms. The maximum absolute atomic E-state index is 14.9. The molecular formula is C34H31ClN2O4. The Hall–Kier alpha value is -4.13. The molecule has 1 amide bonds. The number of likely N-dealkylation sites (tertiary alicyclic amines) is 1. The first-order chi connectivity index (χ1) is 19.9. The number of ether oxygens (including phenoxy) is 2. The van der Waals surface area contributed by atoms with E-state index in [1.54, 1.807) is 19.1 Å². The molecule has 6 rings (SSSR count). The van der Waals surface area contributed by atoms with Crippen molar-refractivity contribution in [3.05, 3.63) is 124 Å². The van der Waals surface area contributed by atoms with E-state index >= 15 is 0 Å². The lowest BCUT2D eigenvalue weighted by Crippen LogP contribution is -2.53. The molecule has 2 aliphatic rings. The maximum atomic E-state index is 14.9. The molecule has 0 bridgehead atoms. The summed E-state index contributed by atoms with van der Waals surface area (Å²) in [6.45, 7) is 0.778. The number of rotatable bonds is 7. The van der Waals surface area contributed by atoms with Gasteiger partial charge in [0.25, 0.3) is 5.91 Å². The molecule has 0 saturated carbocycles. The number of halogens is 1. The Balaban J connectivity index is 1.56. The molecule has 2 heterocycles. The van der Waals surface area contributed by atoms with E-state index in [4.69, 9.17) is 21.1 Å². The number of fused-ring (bicyclic) bond motifs is 2. The number of benzene rings is 4. The number of Topliss-reactive ketones (excluding diaryl/α,β-unsaturated/α-hetero) is 1. The number of likely N-dealkylation sites (N-methyl/N-ethyl adjacent to an activating group) is 1. The Bertz CT molecular complexity index is 1620. The zero-order valence-corrected chi connectivity index (χ0v) is 24.0. The van der Waals surface area contributed by atoms with Gasteiger partial charge < -0.3 is 14.4 Å². The van der Waals surface area contributed by atoms with Crippen LogP contribution in [0.5, 0.6) is 11.5 Å². The highest BCUT2D eigenvalue weighted by molar-refractivity contribution is 6.31. The lowest BCUT2D eigenvalue weighted by Gasteiger charge is -2.36. The maximum Gasteiger partial charge on any atom is 0.253 e. The summed E-state index contributed by atoms with van der Waals surface area (Å²) >= 11 is 6.55. The fraction of sp³-hybridized carbons (Fsp3) is 0.235. The van der Waals surface area contributed by atoms with Crippen molar-refractivity contribution in [2.75, 3.05) is 32.7 Å². The summed E-state index contributed by atoms with van der Waals surface area (Å²) in [6.07, 6.45) is 0. The zero-order chi connectivity index (χ0) is 28.7. The summed E-state index contributed by atoms with van der Waals surface area (Å²) in [5.74, 6) is 0.0157. The number of anilines is 1. The van der Waals surface area contributed by atoms with Gasteiger partial charge in [0.2, 0.25) is 0 Å². The number of methoxy groups -OCH3 is 2. The van der Waals surface area contributed by atoms with Crippen LogP contribution in [0.25, 0.3) is 0 Å². The molecule has 1 saturated heterocycles. The van der Waals surface area contributed by atoms with Gasteiger partial charge in [-0.2, -0.15) is 0 Å². The largest absolute Gasteiger partial charge is 0.497 e. The van der Waals surface area contributed by atoms with Gasteiger partial charge in [-0.25, -0.2) is 0 Å². The van der Waals surface area contributed by atoms with E-state index in [1.807, 2.05) is 104 Å². The van der Waals surface area contributed by atoms with Crippen LogP contribution in [0, 0.1) is 5.92 Å². The number of para-hydroxylation sites is 1. The summed E-state index contributed by atoms with van der Waals surface area (Å²) < 4.78 is 11.3. The fourth-order valence-electron chi connectivity index (χ4n) is 6.72. The number of amides is 1. The van der Waals surface area contributed by atoms with Gasteiger partial charge in [0.05, 0.1) is 26.7 Å². The lowest BCUT2D eigenvalue weighted by atomic mass is 9.70. The molecule has 1 spiro atoms. The monoisotopic (exact) mass is 566 g/mol. The zero-order valence-electron chi connectivity index (χ0n) is 23.2. The minimum atomic E-state index is -1.22. The average molecular weight is 567 g/mol. The molecule has 208 valence electrons. The van der Waals surface area contributed by atoms with Gasteiger partial charge in [0.15, 0.2) is 5.78 Å². The van der Waals surface area contributed by atoms with Crippen molar-refractivity contribution in [2.24, 2.45) is 5.92 Å². The lowest BCUT2D eigenvalue weighted by molar-refractivity contribution is -0.129. The predicted octanol–water partition coefficient (Wildman–Crippen LogP) is 6.33. The molecule has 4 aromatic rings. The third-order valence-corrected chi connectivity index (χ3v) is 8.94. The molecular weight excluding hydrogens is 536 g/mol. The summed E-state index contributed by atoms with van der Waals surface area (Å²) in [5, 5.41) is 0.594. The third-order valence-electron chi connectivity index (χ3n) is 8.57. The van der Waals surface area contributed by atoms with Crippen LogP contribution in [0.4, 0.5) is 5.69 Å². The van der Waals surface area contributed by atoms with Gasteiger partial charge >= 0.3 is 0 Å². The summed E-state index contributed by atoms with van der Waals surface area (Å²) in [4.78, 5) is 33.4. The summed E-state index contributed by atoms with van der Waals surface area (Å²) in [7, 11) is 5.16. The van der Waals surface area contributed by atoms with Gasteiger partial charge in [-0.3, -0.25) is 14.5 Å². The predicted molar refractivity (Wildman–Crippen MR) is 160 cm³/mol. The van der Waals surface area contributed by atoms with Crippen molar-refractivity contribution in [3.8, 4) is 11.5 Å². The molecule has 6 nitrogen and oxygen atoms in total. The van der Waals surface area contributed by atoms with E-state index in [0.29, 0.717) is 35.2 Å². The van der Waals surface area contributed by atoms with Crippen LogP contribution in [0.3, 0.4) is 0 Å². The molecule has 0 N–H and O–H groups in total. The number of ketones is 1. The highest BCUT2D eigenvalue weighted by Crippen LogP contribution is 2.58. The van der Waals surface area contributed by atoms with Crippen molar-refractivity contribution in [3.63, 3.8) is 0 Å². The van der Waals surface area contributed by atoms with Crippen LogP contribution in [0.15, 0.2) is 97.1 Å². The first-order valence-electron chi connectivity index (χ1n) is 13.6. The molecule has 0 radical (unpaired) electrons. The number of hydrogen-bond acceptors (Lipinski definition) is 5. The average Bonchev–Trinajstić information content (AvgIpc) is 3.45. The van der Waals surface area contributed by atoms with Gasteiger partial charge in [0.1, 0.15) is 17.0 Å². The first-order valence-corrected chi connectivity index (χ1v) is 14.0. The Morgan fingerprint density at radius 1 is 0.927 bits per heavy atom.